The molecular weight excluding hydrogens is 316 g/mol. The van der Waals surface area contributed by atoms with Crippen molar-refractivity contribution in [1.29, 1.82) is 0 Å². The minimum atomic E-state index is -0.890. The molecule has 2 heterocycles. The predicted octanol–water partition coefficient (Wildman–Crippen LogP) is 0.0283. The number of amides is 1. The number of nitrogens with zero attached hydrogens (tertiary/aromatic N) is 1. The molecule has 0 aliphatic carbocycles. The molecule has 23 heavy (non-hydrogen) atoms. The number of carbonyl (C=O) groups excluding carboxylic acids is 1. The summed E-state index contributed by atoms with van der Waals surface area (Å²) in [5, 5.41) is 19.8. The van der Waals surface area contributed by atoms with E-state index < -0.39 is 17.8 Å². The van der Waals surface area contributed by atoms with Crippen molar-refractivity contribution in [3.63, 3.8) is 0 Å². The third kappa shape index (κ3) is 3.81. The molecule has 4 N–H and O–H groups in total. The van der Waals surface area contributed by atoms with Gasteiger partial charge in [0.1, 0.15) is 11.8 Å². The molecule has 7 nitrogen and oxygen atoms in total. The van der Waals surface area contributed by atoms with Gasteiger partial charge in [0.25, 0.3) is 0 Å². The van der Waals surface area contributed by atoms with Crippen molar-refractivity contribution in [2.45, 2.75) is 56.7 Å². The monoisotopic (exact) mass is 344 g/mol. The number of β-lactam (4-membered cyclic amide) rings is 1. The Morgan fingerprint density at radius 2 is 1.83 bits per heavy atom. The van der Waals surface area contributed by atoms with E-state index >= 15 is 0 Å². The summed E-state index contributed by atoms with van der Waals surface area (Å²) < 4.78 is 0. The van der Waals surface area contributed by atoms with Crippen LogP contribution in [0, 0.1) is 0 Å². The first-order chi connectivity index (χ1) is 11.0. The molecule has 1 amide bonds. The summed E-state index contributed by atoms with van der Waals surface area (Å²) in [5.41, 5.74) is 0. The maximum Gasteiger partial charge on any atom is 0.327 e. The largest absolute Gasteiger partial charge is 0.480 e. The van der Waals surface area contributed by atoms with Gasteiger partial charge < -0.3 is 10.0 Å². The molecule has 3 atom stereocenters. The molecule has 0 aromatic rings. The Balaban J connectivity index is 2.04. The highest BCUT2D eigenvalue weighted by Crippen LogP contribution is 2.41. The maximum absolute atomic E-state index is 11.7. The van der Waals surface area contributed by atoms with Crippen LogP contribution in [0.2, 0.25) is 0 Å². The van der Waals surface area contributed by atoms with Crippen molar-refractivity contribution in [3.8, 4) is 0 Å². The van der Waals surface area contributed by atoms with Crippen molar-refractivity contribution >= 4 is 23.6 Å². The van der Waals surface area contributed by atoms with Crippen LogP contribution in [0.1, 0.15) is 33.6 Å². The first-order valence-corrected chi connectivity index (χ1v) is 9.43. The van der Waals surface area contributed by atoms with Gasteiger partial charge in [-0.2, -0.15) is 11.8 Å². The SMILES string of the molecule is CCNC(CSC1CC2CC(=O)N2C1C(=O)O)(NCC)NCC. The van der Waals surface area contributed by atoms with E-state index in [0.717, 1.165) is 26.1 Å². The third-order valence-corrected chi connectivity index (χ3v) is 5.93. The lowest BCUT2D eigenvalue weighted by molar-refractivity contribution is -0.156. The summed E-state index contributed by atoms with van der Waals surface area (Å²) in [5.74, 6) is -0.626. The summed E-state index contributed by atoms with van der Waals surface area (Å²) in [4.78, 5) is 24.9. The maximum atomic E-state index is 11.7. The van der Waals surface area contributed by atoms with E-state index in [0.29, 0.717) is 12.2 Å². The van der Waals surface area contributed by atoms with Crippen LogP contribution in [0.5, 0.6) is 0 Å². The molecule has 0 saturated carbocycles. The van der Waals surface area contributed by atoms with Gasteiger partial charge >= 0.3 is 5.97 Å². The lowest BCUT2D eigenvalue weighted by Crippen LogP contribution is -2.68. The number of nitrogens with one attached hydrogen (secondary N) is 3. The normalized spacial score (nSPS) is 27.0. The fraction of sp³-hybridized carbons (Fsp3) is 0.867. The number of carbonyl (C=O) groups is 2. The molecular formula is C15H28N4O3S. The Morgan fingerprint density at radius 3 is 2.26 bits per heavy atom. The van der Waals surface area contributed by atoms with E-state index in [1.807, 2.05) is 20.8 Å². The predicted molar refractivity (Wildman–Crippen MR) is 91.3 cm³/mol. The van der Waals surface area contributed by atoms with E-state index in [1.54, 1.807) is 16.7 Å². The van der Waals surface area contributed by atoms with Crippen LogP contribution in [0.3, 0.4) is 0 Å². The smallest absolute Gasteiger partial charge is 0.327 e. The number of thioether (sulfide) groups is 1. The van der Waals surface area contributed by atoms with E-state index in [1.165, 1.54) is 0 Å². The number of rotatable bonds is 10. The zero-order valence-electron chi connectivity index (χ0n) is 14.1. The zero-order chi connectivity index (χ0) is 17.0. The zero-order valence-corrected chi connectivity index (χ0v) is 14.9. The summed E-state index contributed by atoms with van der Waals surface area (Å²) >= 11 is 1.63. The molecule has 2 aliphatic heterocycles. The van der Waals surface area contributed by atoms with Gasteiger partial charge in [-0.3, -0.25) is 20.7 Å². The van der Waals surface area contributed by atoms with Crippen molar-refractivity contribution in [2.24, 2.45) is 0 Å². The van der Waals surface area contributed by atoms with Gasteiger partial charge in [-0.05, 0) is 26.1 Å². The van der Waals surface area contributed by atoms with Gasteiger partial charge in [-0.25, -0.2) is 4.79 Å². The second-order valence-corrected chi connectivity index (χ2v) is 7.25. The van der Waals surface area contributed by atoms with Crippen molar-refractivity contribution < 1.29 is 14.7 Å². The Morgan fingerprint density at radius 1 is 1.26 bits per heavy atom. The highest BCUT2D eigenvalue weighted by Gasteiger charge is 2.54. The molecule has 2 rings (SSSR count). The molecule has 0 aromatic carbocycles. The molecule has 0 aromatic heterocycles. The minimum Gasteiger partial charge on any atom is -0.480 e. The molecule has 0 radical (unpaired) electrons. The average Bonchev–Trinajstić information content (AvgIpc) is 2.78. The molecule has 0 spiro atoms. The number of hydrogen-bond acceptors (Lipinski definition) is 6. The van der Waals surface area contributed by atoms with Crippen LogP contribution in [0.25, 0.3) is 0 Å². The fourth-order valence-electron chi connectivity index (χ4n) is 3.57. The van der Waals surface area contributed by atoms with Gasteiger partial charge in [0.05, 0.1) is 0 Å². The van der Waals surface area contributed by atoms with Gasteiger partial charge in [-0.1, -0.05) is 20.8 Å². The van der Waals surface area contributed by atoms with E-state index in [-0.39, 0.29) is 17.2 Å². The van der Waals surface area contributed by atoms with Gasteiger partial charge in [0.2, 0.25) is 5.91 Å². The quantitative estimate of drug-likeness (QED) is 0.328. The molecule has 0 bridgehead atoms. The van der Waals surface area contributed by atoms with Crippen molar-refractivity contribution in [3.05, 3.63) is 0 Å². The second-order valence-electron chi connectivity index (χ2n) is 6.02. The molecule has 132 valence electrons. The molecule has 8 heteroatoms. The number of hydrogen-bond donors (Lipinski definition) is 4. The van der Waals surface area contributed by atoms with E-state index in [4.69, 9.17) is 0 Å². The van der Waals surface area contributed by atoms with Gasteiger partial charge in [0.15, 0.2) is 0 Å². The number of fused-ring (bicyclic) bond motifs is 1. The van der Waals surface area contributed by atoms with Crippen LogP contribution >= 0.6 is 11.8 Å². The van der Waals surface area contributed by atoms with Crippen LogP contribution in [-0.4, -0.2) is 70.4 Å². The molecule has 2 fully saturated rings. The highest BCUT2D eigenvalue weighted by atomic mass is 32.2. The lowest BCUT2D eigenvalue weighted by Gasteiger charge is -2.38. The third-order valence-electron chi connectivity index (χ3n) is 4.45. The molecule has 3 unspecified atom stereocenters. The summed E-state index contributed by atoms with van der Waals surface area (Å²) in [6.45, 7) is 8.57. The second kappa shape index (κ2) is 7.83. The van der Waals surface area contributed by atoms with Crippen LogP contribution in [0.4, 0.5) is 0 Å². The summed E-state index contributed by atoms with van der Waals surface area (Å²) in [6, 6.07) is -0.568. The van der Waals surface area contributed by atoms with Gasteiger partial charge in [-0.15, -0.1) is 0 Å². The molecule has 2 aliphatic rings. The fourth-order valence-corrected chi connectivity index (χ4v) is 5.13. The topological polar surface area (TPSA) is 93.7 Å². The Labute approximate surface area is 141 Å². The van der Waals surface area contributed by atoms with E-state index in [2.05, 4.69) is 16.0 Å². The number of carboxylic acids is 1. The van der Waals surface area contributed by atoms with Gasteiger partial charge in [0, 0.05) is 23.5 Å². The summed E-state index contributed by atoms with van der Waals surface area (Å²) in [7, 11) is 0. The standard InChI is InChI=1S/C15H28N4O3S/c1-4-16-15(17-5-2,18-6-3)9-23-11-7-10-8-12(20)19(10)13(11)14(21)22/h10-11,13,16-18H,4-9H2,1-3H3,(H,21,22). The first-order valence-electron chi connectivity index (χ1n) is 8.38. The Kier molecular flexibility index (Phi) is 6.30. The average molecular weight is 344 g/mol. The Hall–Kier alpha value is -0.830. The van der Waals surface area contributed by atoms with Crippen LogP contribution in [-0.2, 0) is 9.59 Å². The number of aliphatic carboxylic acids is 1. The Bertz CT molecular complexity index is 431. The first kappa shape index (κ1) is 18.5. The van der Waals surface area contributed by atoms with Crippen molar-refractivity contribution in [1.82, 2.24) is 20.9 Å². The minimum absolute atomic E-state index is 0.0261. The molecule has 2 saturated heterocycles. The lowest BCUT2D eigenvalue weighted by atomic mass is 10.0. The van der Waals surface area contributed by atoms with E-state index in [9.17, 15) is 14.7 Å². The highest BCUT2D eigenvalue weighted by molar-refractivity contribution is 8.00. The summed E-state index contributed by atoms with van der Waals surface area (Å²) in [6.07, 6.45) is 1.27. The number of carboxylic acid groups (broad SMARTS) is 1. The van der Waals surface area contributed by atoms with Crippen LogP contribution < -0.4 is 16.0 Å². The van der Waals surface area contributed by atoms with Crippen LogP contribution in [0.15, 0.2) is 0 Å². The van der Waals surface area contributed by atoms with Crippen molar-refractivity contribution in [2.75, 3.05) is 25.4 Å².